The summed E-state index contributed by atoms with van der Waals surface area (Å²) >= 11 is 0. The number of aromatic nitrogens is 2. The van der Waals surface area contributed by atoms with Gasteiger partial charge in [0.15, 0.2) is 0 Å². The minimum Gasteiger partial charge on any atom is -0.333 e. The van der Waals surface area contributed by atoms with Gasteiger partial charge in [-0.05, 0) is 63.5 Å². The highest BCUT2D eigenvalue weighted by molar-refractivity contribution is 5.67. The zero-order valence-corrected chi connectivity index (χ0v) is 17.2. The predicted octanol–water partition coefficient (Wildman–Crippen LogP) is 4.45. The van der Waals surface area contributed by atoms with E-state index in [1.54, 1.807) is 6.08 Å². The molecule has 4 rings (SSSR count). The third-order valence-corrected chi connectivity index (χ3v) is 6.52. The molecule has 1 aromatic rings. The maximum atomic E-state index is 14.6. The van der Waals surface area contributed by atoms with Crippen LogP contribution in [0.1, 0.15) is 56.0 Å². The molecule has 3 heterocycles. The van der Waals surface area contributed by atoms with Gasteiger partial charge in [0.1, 0.15) is 5.82 Å². The highest BCUT2D eigenvalue weighted by Gasteiger charge is 2.55. The number of nitrogens with zero attached hydrogens (tertiary/aromatic N) is 3. The van der Waals surface area contributed by atoms with Gasteiger partial charge in [-0.1, -0.05) is 18.6 Å². The third kappa shape index (κ3) is 4.64. The average Bonchev–Trinajstić information content (AvgIpc) is 3.17. The van der Waals surface area contributed by atoms with Crippen molar-refractivity contribution in [1.29, 1.82) is 0 Å². The number of likely N-dealkylation sites (tertiary alicyclic amines) is 1. The van der Waals surface area contributed by atoms with E-state index in [9.17, 15) is 17.6 Å². The number of imidazole rings is 1. The van der Waals surface area contributed by atoms with E-state index < -0.39 is 18.3 Å². The van der Waals surface area contributed by atoms with Crippen LogP contribution in [0.15, 0.2) is 24.4 Å². The van der Waals surface area contributed by atoms with Crippen molar-refractivity contribution in [2.75, 3.05) is 32.7 Å². The lowest BCUT2D eigenvalue weighted by Gasteiger charge is -2.27. The zero-order chi connectivity index (χ0) is 21.2. The van der Waals surface area contributed by atoms with E-state index in [4.69, 9.17) is 4.98 Å². The van der Waals surface area contributed by atoms with Gasteiger partial charge in [-0.3, -0.25) is 0 Å². The lowest BCUT2D eigenvalue weighted by atomic mass is 9.89. The molecule has 1 aromatic heterocycles. The summed E-state index contributed by atoms with van der Waals surface area (Å²) in [5.41, 5.74) is -2.55. The van der Waals surface area contributed by atoms with Crippen molar-refractivity contribution >= 4 is 5.57 Å². The van der Waals surface area contributed by atoms with Crippen molar-refractivity contribution in [2.24, 2.45) is 0 Å². The Balaban J connectivity index is 1.56. The molecule has 0 spiro atoms. The molecule has 8 heteroatoms. The summed E-state index contributed by atoms with van der Waals surface area (Å²) in [4.78, 5) is 7.19. The van der Waals surface area contributed by atoms with E-state index >= 15 is 0 Å². The van der Waals surface area contributed by atoms with E-state index in [-0.39, 0.29) is 5.92 Å². The molecule has 1 N–H and O–H groups in total. The molecule has 2 saturated heterocycles. The van der Waals surface area contributed by atoms with Crippen LogP contribution >= 0.6 is 0 Å². The third-order valence-electron chi connectivity index (χ3n) is 6.52. The minimum atomic E-state index is -4.93. The molecule has 2 aliphatic heterocycles. The molecule has 0 bridgehead atoms. The quantitative estimate of drug-likeness (QED) is 0.707. The van der Waals surface area contributed by atoms with Crippen LogP contribution in [0.2, 0.25) is 0 Å². The fraction of sp³-hybridized carbons (Fsp3) is 0.682. The highest BCUT2D eigenvalue weighted by Crippen LogP contribution is 2.44. The SMILES string of the molecule is FC(F)(F)C1(F)C=CC=C(c2cn(CCN3CCCCC3)c(C3CCNCC3)n2)C1. The summed E-state index contributed by atoms with van der Waals surface area (Å²) in [7, 11) is 0. The summed E-state index contributed by atoms with van der Waals surface area (Å²) in [6.07, 6.45) is 5.13. The van der Waals surface area contributed by atoms with Crippen molar-refractivity contribution in [3.63, 3.8) is 0 Å². The molecule has 166 valence electrons. The highest BCUT2D eigenvalue weighted by atomic mass is 19.4. The molecule has 1 atom stereocenters. The molecule has 4 nitrogen and oxygen atoms in total. The lowest BCUT2D eigenvalue weighted by Crippen LogP contribution is -2.40. The summed E-state index contributed by atoms with van der Waals surface area (Å²) in [5.74, 6) is 1.20. The molecule has 1 aliphatic carbocycles. The van der Waals surface area contributed by atoms with Gasteiger partial charge in [0, 0.05) is 31.6 Å². The van der Waals surface area contributed by atoms with Crippen molar-refractivity contribution in [1.82, 2.24) is 19.8 Å². The van der Waals surface area contributed by atoms with Crippen LogP contribution in [-0.4, -0.2) is 59.0 Å². The van der Waals surface area contributed by atoms with E-state index in [1.165, 1.54) is 25.3 Å². The van der Waals surface area contributed by atoms with Gasteiger partial charge in [-0.15, -0.1) is 0 Å². The van der Waals surface area contributed by atoms with Gasteiger partial charge in [0.05, 0.1) is 5.69 Å². The van der Waals surface area contributed by atoms with Crippen molar-refractivity contribution in [2.45, 2.75) is 62.8 Å². The molecule has 0 saturated carbocycles. The summed E-state index contributed by atoms with van der Waals surface area (Å²) in [6, 6.07) is 0. The zero-order valence-electron chi connectivity index (χ0n) is 17.2. The molecule has 0 aromatic carbocycles. The molecular formula is C22H30F4N4. The van der Waals surface area contributed by atoms with E-state index in [0.29, 0.717) is 17.3 Å². The normalized spacial score (nSPS) is 26.7. The Hall–Kier alpha value is -1.67. The van der Waals surface area contributed by atoms with Crippen LogP contribution < -0.4 is 5.32 Å². The van der Waals surface area contributed by atoms with Gasteiger partial charge in [-0.25, -0.2) is 9.37 Å². The Morgan fingerprint density at radius 1 is 1.10 bits per heavy atom. The molecule has 0 amide bonds. The first-order chi connectivity index (χ1) is 14.4. The Labute approximate surface area is 175 Å². The predicted molar refractivity (Wildman–Crippen MR) is 109 cm³/mol. The number of piperidine rings is 2. The van der Waals surface area contributed by atoms with Crippen molar-refractivity contribution in [3.8, 4) is 0 Å². The van der Waals surface area contributed by atoms with Crippen LogP contribution in [-0.2, 0) is 6.54 Å². The fourth-order valence-electron chi connectivity index (χ4n) is 4.68. The van der Waals surface area contributed by atoms with Gasteiger partial charge in [-0.2, -0.15) is 13.2 Å². The largest absolute Gasteiger partial charge is 0.426 e. The first-order valence-electron chi connectivity index (χ1n) is 11.0. The second-order valence-electron chi connectivity index (χ2n) is 8.69. The van der Waals surface area contributed by atoms with Crippen LogP contribution in [0.25, 0.3) is 5.57 Å². The van der Waals surface area contributed by atoms with Gasteiger partial charge in [0.2, 0.25) is 5.67 Å². The molecule has 3 aliphatic rings. The Bertz CT molecular complexity index is 786. The Morgan fingerprint density at radius 3 is 2.53 bits per heavy atom. The summed E-state index contributed by atoms with van der Waals surface area (Å²) in [5, 5.41) is 3.34. The van der Waals surface area contributed by atoms with Gasteiger partial charge < -0.3 is 14.8 Å². The number of hydrogen-bond acceptors (Lipinski definition) is 3. The van der Waals surface area contributed by atoms with E-state index in [1.807, 2.05) is 6.20 Å². The average molecular weight is 427 g/mol. The second kappa shape index (κ2) is 8.83. The summed E-state index contributed by atoms with van der Waals surface area (Å²) in [6.45, 7) is 5.67. The van der Waals surface area contributed by atoms with Crippen molar-refractivity contribution in [3.05, 3.63) is 35.9 Å². The van der Waals surface area contributed by atoms with Crippen LogP contribution in [0.3, 0.4) is 0 Å². The molecule has 30 heavy (non-hydrogen) atoms. The smallest absolute Gasteiger partial charge is 0.333 e. The maximum Gasteiger partial charge on any atom is 0.426 e. The van der Waals surface area contributed by atoms with Crippen molar-refractivity contribution < 1.29 is 17.6 Å². The van der Waals surface area contributed by atoms with E-state index in [2.05, 4.69) is 14.8 Å². The van der Waals surface area contributed by atoms with Crippen LogP contribution in [0, 0.1) is 0 Å². The number of hydrogen-bond donors (Lipinski definition) is 1. The molecule has 0 radical (unpaired) electrons. The van der Waals surface area contributed by atoms with Crippen LogP contribution in [0.5, 0.6) is 0 Å². The second-order valence-corrected chi connectivity index (χ2v) is 8.69. The number of halogens is 4. The molecule has 1 unspecified atom stereocenters. The Kier molecular flexibility index (Phi) is 6.34. The monoisotopic (exact) mass is 426 g/mol. The first kappa shape index (κ1) is 21.6. The molecular weight excluding hydrogens is 396 g/mol. The topological polar surface area (TPSA) is 33.1 Å². The standard InChI is InChI=1S/C22H30F4N4/c23-21(22(24,25)26)8-4-5-18(15-21)19-16-30(14-13-29-11-2-1-3-12-29)20(28-19)17-6-9-27-10-7-17/h4-5,8,16-17,27H,1-3,6-7,9-15H2. The maximum absolute atomic E-state index is 14.6. The van der Waals surface area contributed by atoms with Crippen LogP contribution in [0.4, 0.5) is 17.6 Å². The molecule has 2 fully saturated rings. The first-order valence-corrected chi connectivity index (χ1v) is 11.0. The number of nitrogens with one attached hydrogen (secondary N) is 1. The van der Waals surface area contributed by atoms with E-state index in [0.717, 1.165) is 57.9 Å². The number of rotatable bonds is 5. The fourth-order valence-corrected chi connectivity index (χ4v) is 4.68. The van der Waals surface area contributed by atoms with Gasteiger partial charge >= 0.3 is 6.18 Å². The van der Waals surface area contributed by atoms with Gasteiger partial charge in [0.25, 0.3) is 0 Å². The number of alkyl halides is 4. The Morgan fingerprint density at radius 2 is 1.83 bits per heavy atom. The lowest BCUT2D eigenvalue weighted by molar-refractivity contribution is -0.210. The minimum absolute atomic E-state index is 0.277. The number of allylic oxidation sites excluding steroid dienone is 4. The summed E-state index contributed by atoms with van der Waals surface area (Å²) < 4.78 is 56.3.